The molecular weight excluding hydrogens is 218 g/mol. The van der Waals surface area contributed by atoms with Gasteiger partial charge < -0.3 is 10.2 Å². The topological polar surface area (TPSA) is 45.4 Å². The molecule has 0 fully saturated rings. The van der Waals surface area contributed by atoms with Gasteiger partial charge in [-0.2, -0.15) is 0 Å². The molecule has 0 aliphatic carbocycles. The number of phenolic OH excluding ortho intramolecular Hbond substituents is 1. The molecule has 0 aliphatic heterocycles. The Morgan fingerprint density at radius 3 is 2.29 bits per heavy atom. The third-order valence-corrected chi connectivity index (χ3v) is 2.97. The van der Waals surface area contributed by atoms with Crippen LogP contribution in [-0.4, -0.2) is 14.8 Å². The summed E-state index contributed by atoms with van der Waals surface area (Å²) in [7, 11) is 0. The fourth-order valence-corrected chi connectivity index (χ4v) is 2.10. The van der Waals surface area contributed by atoms with Gasteiger partial charge in [-0.1, -0.05) is 0 Å². The quantitative estimate of drug-likeness (QED) is 0.733. The molecule has 2 aromatic rings. The Morgan fingerprint density at radius 1 is 1.14 bits per heavy atom. The molecule has 0 bridgehead atoms. The Kier molecular flexibility index (Phi) is 2.26. The van der Waals surface area contributed by atoms with Gasteiger partial charge in [-0.15, -0.1) is 11.3 Å². The first-order chi connectivity index (χ1) is 6.68. The summed E-state index contributed by atoms with van der Waals surface area (Å²) in [5.74, 6) is 0.306. The van der Waals surface area contributed by atoms with E-state index in [1.54, 1.807) is 34.2 Å². The SMILES string of the molecule is Oc1ccc(-n2c(O)csc2=S)cc1. The van der Waals surface area contributed by atoms with Crippen molar-refractivity contribution in [2.24, 2.45) is 0 Å². The molecule has 0 spiro atoms. The van der Waals surface area contributed by atoms with Crippen LogP contribution < -0.4 is 0 Å². The van der Waals surface area contributed by atoms with Crippen LogP contribution in [0.2, 0.25) is 0 Å². The number of benzene rings is 1. The molecule has 72 valence electrons. The number of hydrogen-bond acceptors (Lipinski definition) is 4. The molecule has 0 atom stereocenters. The molecular formula is C9H7NO2S2. The van der Waals surface area contributed by atoms with Crippen molar-refractivity contribution in [3.63, 3.8) is 0 Å². The van der Waals surface area contributed by atoms with Crippen LogP contribution in [0.15, 0.2) is 29.6 Å². The van der Waals surface area contributed by atoms with E-state index in [4.69, 9.17) is 17.3 Å². The Bertz CT molecular complexity index is 498. The van der Waals surface area contributed by atoms with E-state index in [-0.39, 0.29) is 11.6 Å². The summed E-state index contributed by atoms with van der Waals surface area (Å²) in [5, 5.41) is 20.2. The lowest BCUT2D eigenvalue weighted by Crippen LogP contribution is -1.91. The number of aromatic nitrogens is 1. The van der Waals surface area contributed by atoms with E-state index in [2.05, 4.69) is 0 Å². The fraction of sp³-hybridized carbons (Fsp3) is 0. The van der Waals surface area contributed by atoms with Gasteiger partial charge in [0.15, 0.2) is 3.95 Å². The molecule has 1 aromatic heterocycles. The van der Waals surface area contributed by atoms with Gasteiger partial charge in [-0.05, 0) is 36.5 Å². The summed E-state index contributed by atoms with van der Waals surface area (Å²) in [6, 6.07) is 6.48. The van der Waals surface area contributed by atoms with E-state index >= 15 is 0 Å². The maximum Gasteiger partial charge on any atom is 0.207 e. The zero-order valence-corrected chi connectivity index (χ0v) is 8.68. The van der Waals surface area contributed by atoms with Crippen LogP contribution in [0.4, 0.5) is 0 Å². The predicted molar refractivity (Wildman–Crippen MR) is 57.8 cm³/mol. The molecule has 1 aromatic carbocycles. The highest BCUT2D eigenvalue weighted by Gasteiger charge is 2.04. The Morgan fingerprint density at radius 2 is 1.79 bits per heavy atom. The van der Waals surface area contributed by atoms with Crippen molar-refractivity contribution in [1.82, 2.24) is 4.57 Å². The lowest BCUT2D eigenvalue weighted by Gasteiger charge is -2.03. The Balaban J connectivity index is 2.60. The van der Waals surface area contributed by atoms with E-state index in [1.165, 1.54) is 11.3 Å². The van der Waals surface area contributed by atoms with E-state index in [0.29, 0.717) is 3.95 Å². The number of aromatic hydroxyl groups is 2. The summed E-state index contributed by atoms with van der Waals surface area (Å²) < 4.78 is 2.12. The Hall–Kier alpha value is -1.33. The molecule has 1 heterocycles. The van der Waals surface area contributed by atoms with Crippen LogP contribution in [0.1, 0.15) is 0 Å². The number of thiazole rings is 1. The van der Waals surface area contributed by atoms with E-state index < -0.39 is 0 Å². The van der Waals surface area contributed by atoms with Gasteiger partial charge in [0.1, 0.15) is 5.75 Å². The second-order valence-corrected chi connectivity index (χ2v) is 4.21. The normalized spacial score (nSPS) is 10.3. The zero-order chi connectivity index (χ0) is 10.1. The molecule has 3 nitrogen and oxygen atoms in total. The van der Waals surface area contributed by atoms with Crippen molar-refractivity contribution in [2.75, 3.05) is 0 Å². The molecule has 0 saturated carbocycles. The molecule has 0 aliphatic rings. The maximum atomic E-state index is 9.50. The standard InChI is InChI=1S/C9H7NO2S2/c11-7-3-1-6(2-4-7)10-8(12)5-14-9(10)13/h1-5,11-12H. The summed E-state index contributed by atoms with van der Waals surface area (Å²) in [5.41, 5.74) is 0.742. The lowest BCUT2D eigenvalue weighted by atomic mass is 10.3. The number of nitrogens with zero attached hydrogens (tertiary/aromatic N) is 1. The van der Waals surface area contributed by atoms with Crippen LogP contribution in [0.3, 0.4) is 0 Å². The van der Waals surface area contributed by atoms with Crippen molar-refractivity contribution >= 4 is 23.6 Å². The highest BCUT2D eigenvalue weighted by molar-refractivity contribution is 7.73. The molecule has 0 saturated heterocycles. The molecule has 0 amide bonds. The van der Waals surface area contributed by atoms with Crippen LogP contribution in [0.5, 0.6) is 11.6 Å². The van der Waals surface area contributed by atoms with Gasteiger partial charge in [0.2, 0.25) is 5.88 Å². The predicted octanol–water partition coefficient (Wildman–Crippen LogP) is 2.68. The van der Waals surface area contributed by atoms with Crippen LogP contribution in [0, 0.1) is 3.95 Å². The minimum absolute atomic E-state index is 0.116. The van der Waals surface area contributed by atoms with E-state index in [9.17, 15) is 5.11 Å². The molecule has 0 unspecified atom stereocenters. The summed E-state index contributed by atoms with van der Waals surface area (Å²) in [6.07, 6.45) is 0. The molecule has 5 heteroatoms. The molecule has 14 heavy (non-hydrogen) atoms. The summed E-state index contributed by atoms with van der Waals surface area (Å²) in [4.78, 5) is 0. The first kappa shape index (κ1) is 9.23. The fourth-order valence-electron chi connectivity index (χ4n) is 1.14. The van der Waals surface area contributed by atoms with Crippen molar-refractivity contribution in [3.8, 4) is 17.3 Å². The first-order valence-corrected chi connectivity index (χ1v) is 5.16. The molecule has 2 N–H and O–H groups in total. The second kappa shape index (κ2) is 3.43. The Labute approximate surface area is 89.5 Å². The van der Waals surface area contributed by atoms with Gasteiger partial charge in [0, 0.05) is 0 Å². The highest BCUT2D eigenvalue weighted by Crippen LogP contribution is 2.23. The van der Waals surface area contributed by atoms with Crippen molar-refractivity contribution < 1.29 is 10.2 Å². The van der Waals surface area contributed by atoms with E-state index in [1.807, 2.05) is 0 Å². The largest absolute Gasteiger partial charge is 0.508 e. The van der Waals surface area contributed by atoms with Crippen LogP contribution in [-0.2, 0) is 0 Å². The zero-order valence-electron chi connectivity index (χ0n) is 7.04. The molecule has 2 rings (SSSR count). The van der Waals surface area contributed by atoms with E-state index in [0.717, 1.165) is 5.69 Å². The monoisotopic (exact) mass is 225 g/mol. The number of phenols is 1. The smallest absolute Gasteiger partial charge is 0.207 e. The lowest BCUT2D eigenvalue weighted by molar-refractivity contribution is 0.442. The van der Waals surface area contributed by atoms with Gasteiger partial charge >= 0.3 is 0 Å². The average Bonchev–Trinajstić information content (AvgIpc) is 2.49. The number of rotatable bonds is 1. The third-order valence-electron chi connectivity index (χ3n) is 1.78. The minimum atomic E-state index is 0.116. The average molecular weight is 225 g/mol. The second-order valence-electron chi connectivity index (χ2n) is 2.71. The van der Waals surface area contributed by atoms with Crippen molar-refractivity contribution in [3.05, 3.63) is 33.6 Å². The highest BCUT2D eigenvalue weighted by atomic mass is 32.1. The van der Waals surface area contributed by atoms with Gasteiger partial charge in [-0.25, -0.2) is 0 Å². The third kappa shape index (κ3) is 1.51. The summed E-state index contributed by atoms with van der Waals surface area (Å²) >= 11 is 6.34. The van der Waals surface area contributed by atoms with Crippen molar-refractivity contribution in [1.29, 1.82) is 0 Å². The number of hydrogen-bond donors (Lipinski definition) is 2. The van der Waals surface area contributed by atoms with Gasteiger partial charge in [-0.3, -0.25) is 4.57 Å². The maximum absolute atomic E-state index is 9.50. The van der Waals surface area contributed by atoms with Crippen molar-refractivity contribution in [2.45, 2.75) is 0 Å². The van der Waals surface area contributed by atoms with Gasteiger partial charge in [0.25, 0.3) is 0 Å². The van der Waals surface area contributed by atoms with Gasteiger partial charge in [0.05, 0.1) is 11.1 Å². The summed E-state index contributed by atoms with van der Waals surface area (Å²) in [6.45, 7) is 0. The minimum Gasteiger partial charge on any atom is -0.508 e. The van der Waals surface area contributed by atoms with Crippen LogP contribution >= 0.6 is 23.6 Å². The molecule has 0 radical (unpaired) electrons. The van der Waals surface area contributed by atoms with Crippen LogP contribution in [0.25, 0.3) is 5.69 Å². The first-order valence-electron chi connectivity index (χ1n) is 3.87.